The van der Waals surface area contributed by atoms with Gasteiger partial charge in [0.25, 0.3) is 0 Å². The van der Waals surface area contributed by atoms with E-state index < -0.39 is 4.92 Å². The molecule has 0 aliphatic carbocycles. The van der Waals surface area contributed by atoms with Crippen LogP contribution in [-0.4, -0.2) is 14.7 Å². The number of anilines is 1. The van der Waals surface area contributed by atoms with Gasteiger partial charge in [0.2, 0.25) is 5.82 Å². The molecule has 0 saturated heterocycles. The van der Waals surface area contributed by atoms with Gasteiger partial charge in [-0.3, -0.25) is 10.1 Å². The Hall–Kier alpha value is -1.96. The first kappa shape index (κ1) is 14.4. The van der Waals surface area contributed by atoms with E-state index in [0.29, 0.717) is 11.3 Å². The highest BCUT2D eigenvalue weighted by molar-refractivity contribution is 9.10. The van der Waals surface area contributed by atoms with E-state index in [9.17, 15) is 14.5 Å². The van der Waals surface area contributed by atoms with Crippen LogP contribution in [0.1, 0.15) is 11.3 Å². The van der Waals surface area contributed by atoms with E-state index in [1.165, 1.54) is 10.7 Å². The topological polar surface area (TPSA) is 73.0 Å². The molecule has 2 rings (SSSR count). The van der Waals surface area contributed by atoms with E-state index in [-0.39, 0.29) is 23.9 Å². The van der Waals surface area contributed by atoms with Crippen LogP contribution in [0.3, 0.4) is 0 Å². The summed E-state index contributed by atoms with van der Waals surface area (Å²) < 4.78 is 15.7. The number of rotatable bonds is 4. The predicted octanol–water partition coefficient (Wildman–Crippen LogP) is 3.15. The van der Waals surface area contributed by atoms with Gasteiger partial charge in [0.05, 0.1) is 4.92 Å². The number of hydrogen-bond donors (Lipinski definition) is 1. The van der Waals surface area contributed by atoms with E-state index in [4.69, 9.17) is 0 Å². The summed E-state index contributed by atoms with van der Waals surface area (Å²) in [6, 6.07) is 4.55. The average molecular weight is 343 g/mol. The van der Waals surface area contributed by atoms with Crippen LogP contribution in [0.25, 0.3) is 0 Å². The SMILES string of the molecule is Cc1nn(C)c(NCc2cc(Br)ccc2F)c1[N+](=O)[O-]. The first-order valence-corrected chi connectivity index (χ1v) is 6.55. The van der Waals surface area contributed by atoms with Crippen molar-refractivity contribution in [2.45, 2.75) is 13.5 Å². The van der Waals surface area contributed by atoms with Crippen molar-refractivity contribution >= 4 is 27.4 Å². The maximum Gasteiger partial charge on any atom is 0.333 e. The molecule has 1 N–H and O–H groups in total. The highest BCUT2D eigenvalue weighted by Gasteiger charge is 2.23. The molecule has 0 aliphatic heterocycles. The predicted molar refractivity (Wildman–Crippen MR) is 76.0 cm³/mol. The van der Waals surface area contributed by atoms with Crippen LogP contribution in [0.15, 0.2) is 22.7 Å². The van der Waals surface area contributed by atoms with Crippen molar-refractivity contribution in [2.24, 2.45) is 7.05 Å². The lowest BCUT2D eigenvalue weighted by Crippen LogP contribution is -2.07. The quantitative estimate of drug-likeness (QED) is 0.684. The fraction of sp³-hybridized carbons (Fsp3) is 0.250. The number of benzene rings is 1. The molecule has 0 unspecified atom stereocenters. The molecule has 0 spiro atoms. The molecule has 0 radical (unpaired) electrons. The molecule has 1 aromatic carbocycles. The van der Waals surface area contributed by atoms with Gasteiger partial charge < -0.3 is 5.32 Å². The smallest absolute Gasteiger partial charge is 0.333 e. The normalized spacial score (nSPS) is 10.6. The number of nitrogens with zero attached hydrogens (tertiary/aromatic N) is 3. The third-order valence-corrected chi connectivity index (χ3v) is 3.32. The second-order valence-corrected chi connectivity index (χ2v) is 5.17. The molecule has 0 atom stereocenters. The number of nitrogens with one attached hydrogen (secondary N) is 1. The zero-order chi connectivity index (χ0) is 14.9. The maximum absolute atomic E-state index is 13.6. The molecule has 0 bridgehead atoms. The molecule has 2 aromatic rings. The van der Waals surface area contributed by atoms with Crippen molar-refractivity contribution in [3.05, 3.63) is 49.9 Å². The minimum absolute atomic E-state index is 0.0945. The highest BCUT2D eigenvalue weighted by atomic mass is 79.9. The van der Waals surface area contributed by atoms with Gasteiger partial charge in [0, 0.05) is 23.6 Å². The summed E-state index contributed by atoms with van der Waals surface area (Å²) in [6.07, 6.45) is 0. The first-order chi connectivity index (χ1) is 9.40. The fourth-order valence-electron chi connectivity index (χ4n) is 1.92. The lowest BCUT2D eigenvalue weighted by atomic mass is 10.2. The molecular weight excluding hydrogens is 331 g/mol. The van der Waals surface area contributed by atoms with Gasteiger partial charge in [-0.15, -0.1) is 0 Å². The summed E-state index contributed by atoms with van der Waals surface area (Å²) in [5, 5.41) is 17.9. The standard InChI is InChI=1S/C12H12BrFN4O2/c1-7-11(18(19)20)12(17(2)16-7)15-6-8-5-9(13)3-4-10(8)14/h3-5,15H,6H2,1-2H3. The molecular formula is C12H12BrFN4O2. The Bertz CT molecular complexity index is 672. The Morgan fingerprint density at radius 1 is 1.55 bits per heavy atom. The van der Waals surface area contributed by atoms with E-state index in [1.807, 2.05) is 0 Å². The van der Waals surface area contributed by atoms with Crippen LogP contribution in [0.2, 0.25) is 0 Å². The van der Waals surface area contributed by atoms with Gasteiger partial charge in [-0.25, -0.2) is 9.07 Å². The number of aromatic nitrogens is 2. The van der Waals surface area contributed by atoms with Crippen molar-refractivity contribution in [2.75, 3.05) is 5.32 Å². The van der Waals surface area contributed by atoms with E-state index in [2.05, 4.69) is 26.3 Å². The Morgan fingerprint density at radius 2 is 2.25 bits per heavy atom. The first-order valence-electron chi connectivity index (χ1n) is 5.76. The van der Waals surface area contributed by atoms with Crippen LogP contribution < -0.4 is 5.32 Å². The maximum atomic E-state index is 13.6. The van der Waals surface area contributed by atoms with Gasteiger partial charge in [-0.1, -0.05) is 15.9 Å². The summed E-state index contributed by atoms with van der Waals surface area (Å²) in [5.41, 5.74) is 0.630. The zero-order valence-corrected chi connectivity index (χ0v) is 12.4. The Labute approximate surface area is 122 Å². The van der Waals surface area contributed by atoms with Crippen LogP contribution in [0, 0.1) is 22.9 Å². The Morgan fingerprint density at radius 3 is 2.90 bits per heavy atom. The van der Waals surface area contributed by atoms with Crippen molar-refractivity contribution in [3.63, 3.8) is 0 Å². The molecule has 0 amide bonds. The van der Waals surface area contributed by atoms with Gasteiger partial charge >= 0.3 is 5.69 Å². The van der Waals surface area contributed by atoms with Crippen molar-refractivity contribution < 1.29 is 9.31 Å². The Kier molecular flexibility index (Phi) is 4.03. The lowest BCUT2D eigenvalue weighted by molar-refractivity contribution is -0.384. The number of hydrogen-bond acceptors (Lipinski definition) is 4. The number of aryl methyl sites for hydroxylation is 2. The third-order valence-electron chi connectivity index (χ3n) is 2.83. The third kappa shape index (κ3) is 2.79. The molecule has 0 saturated carbocycles. The number of nitro groups is 1. The summed E-state index contributed by atoms with van der Waals surface area (Å²) in [7, 11) is 1.60. The highest BCUT2D eigenvalue weighted by Crippen LogP contribution is 2.28. The van der Waals surface area contributed by atoms with Crippen molar-refractivity contribution in [3.8, 4) is 0 Å². The second-order valence-electron chi connectivity index (χ2n) is 4.25. The Balaban J connectivity index is 2.27. The van der Waals surface area contributed by atoms with Gasteiger partial charge in [0.1, 0.15) is 11.5 Å². The van der Waals surface area contributed by atoms with Gasteiger partial charge in [0.15, 0.2) is 0 Å². The lowest BCUT2D eigenvalue weighted by Gasteiger charge is -2.07. The van der Waals surface area contributed by atoms with Gasteiger partial charge in [-0.05, 0) is 25.1 Å². The largest absolute Gasteiger partial charge is 0.360 e. The van der Waals surface area contributed by atoms with E-state index in [1.54, 1.807) is 26.1 Å². The molecule has 0 aliphatic rings. The molecule has 6 nitrogen and oxygen atoms in total. The van der Waals surface area contributed by atoms with Crippen molar-refractivity contribution in [1.29, 1.82) is 0 Å². The summed E-state index contributed by atoms with van der Waals surface area (Å²) in [4.78, 5) is 10.5. The monoisotopic (exact) mass is 342 g/mol. The van der Waals surface area contributed by atoms with E-state index in [0.717, 1.165) is 4.47 Å². The summed E-state index contributed by atoms with van der Waals surface area (Å²) in [5.74, 6) is -0.117. The molecule has 8 heteroatoms. The zero-order valence-electron chi connectivity index (χ0n) is 10.9. The molecule has 106 valence electrons. The van der Waals surface area contributed by atoms with E-state index >= 15 is 0 Å². The average Bonchev–Trinajstić information content (AvgIpc) is 2.65. The summed E-state index contributed by atoms with van der Waals surface area (Å²) in [6.45, 7) is 1.69. The molecule has 20 heavy (non-hydrogen) atoms. The van der Waals surface area contributed by atoms with Crippen LogP contribution >= 0.6 is 15.9 Å². The molecule has 1 aromatic heterocycles. The van der Waals surface area contributed by atoms with Crippen LogP contribution in [-0.2, 0) is 13.6 Å². The summed E-state index contributed by atoms with van der Waals surface area (Å²) >= 11 is 3.26. The van der Waals surface area contributed by atoms with Crippen molar-refractivity contribution in [1.82, 2.24) is 9.78 Å². The minimum Gasteiger partial charge on any atom is -0.360 e. The molecule has 1 heterocycles. The number of halogens is 2. The fourth-order valence-corrected chi connectivity index (χ4v) is 2.33. The second kappa shape index (κ2) is 5.58. The molecule has 0 fully saturated rings. The van der Waals surface area contributed by atoms with Gasteiger partial charge in [-0.2, -0.15) is 5.10 Å². The minimum atomic E-state index is -0.498. The van der Waals surface area contributed by atoms with Crippen LogP contribution in [0.5, 0.6) is 0 Å². The van der Waals surface area contributed by atoms with Crippen LogP contribution in [0.4, 0.5) is 15.9 Å².